The standard InChI is InChI=1S/C16H28F2N2O2/c1-11(13(17)18)19-12-6-9-20(14(21)22-15(2,3)4)16(10-12)7-5-8-16/h11-13,19H,5-10H2,1-4H3. The van der Waals surface area contributed by atoms with Gasteiger partial charge in [0.15, 0.2) is 0 Å². The Morgan fingerprint density at radius 2 is 2.00 bits per heavy atom. The molecule has 22 heavy (non-hydrogen) atoms. The predicted molar refractivity (Wildman–Crippen MR) is 81.1 cm³/mol. The van der Waals surface area contributed by atoms with Crippen LogP contribution in [0, 0.1) is 0 Å². The van der Waals surface area contributed by atoms with Crippen molar-refractivity contribution in [2.24, 2.45) is 0 Å². The summed E-state index contributed by atoms with van der Waals surface area (Å²) in [7, 11) is 0. The third-order valence-electron chi connectivity index (χ3n) is 4.67. The normalized spacial score (nSPS) is 26.0. The highest BCUT2D eigenvalue weighted by atomic mass is 19.3. The van der Waals surface area contributed by atoms with Crippen molar-refractivity contribution >= 4 is 6.09 Å². The largest absolute Gasteiger partial charge is 0.444 e. The van der Waals surface area contributed by atoms with Crippen LogP contribution in [0.25, 0.3) is 0 Å². The van der Waals surface area contributed by atoms with Gasteiger partial charge in [-0.05, 0) is 59.8 Å². The van der Waals surface area contributed by atoms with E-state index in [-0.39, 0.29) is 17.7 Å². The first-order valence-electron chi connectivity index (χ1n) is 8.18. The van der Waals surface area contributed by atoms with Crippen molar-refractivity contribution in [2.45, 2.75) is 89.4 Å². The van der Waals surface area contributed by atoms with Gasteiger partial charge in [0.05, 0.1) is 6.04 Å². The first-order valence-corrected chi connectivity index (χ1v) is 8.18. The van der Waals surface area contributed by atoms with Gasteiger partial charge in [0.1, 0.15) is 5.60 Å². The second kappa shape index (κ2) is 6.30. The van der Waals surface area contributed by atoms with Gasteiger partial charge in [0.2, 0.25) is 0 Å². The Morgan fingerprint density at radius 3 is 2.45 bits per heavy atom. The molecule has 1 heterocycles. The fourth-order valence-corrected chi connectivity index (χ4v) is 3.44. The van der Waals surface area contributed by atoms with Gasteiger partial charge < -0.3 is 15.0 Å². The number of carbonyl (C=O) groups is 1. The fourth-order valence-electron chi connectivity index (χ4n) is 3.44. The number of piperidine rings is 1. The van der Waals surface area contributed by atoms with E-state index < -0.39 is 18.1 Å². The quantitative estimate of drug-likeness (QED) is 0.865. The predicted octanol–water partition coefficient (Wildman–Crippen LogP) is 3.55. The van der Waals surface area contributed by atoms with E-state index in [0.717, 1.165) is 25.7 Å². The highest BCUT2D eigenvalue weighted by Gasteiger charge is 2.50. The lowest BCUT2D eigenvalue weighted by atomic mass is 9.69. The van der Waals surface area contributed by atoms with Crippen LogP contribution in [0.3, 0.4) is 0 Å². The number of alkyl halides is 2. The molecule has 1 saturated heterocycles. The van der Waals surface area contributed by atoms with E-state index in [9.17, 15) is 13.6 Å². The van der Waals surface area contributed by atoms with Crippen LogP contribution in [0.5, 0.6) is 0 Å². The molecular weight excluding hydrogens is 290 g/mol. The summed E-state index contributed by atoms with van der Waals surface area (Å²) in [6, 6.07) is -0.766. The number of nitrogens with zero attached hydrogens (tertiary/aromatic N) is 1. The number of ether oxygens (including phenoxy) is 1. The van der Waals surface area contributed by atoms with Crippen LogP contribution in [0.1, 0.15) is 59.8 Å². The molecule has 2 fully saturated rings. The SMILES string of the molecule is CC(NC1CCN(C(=O)OC(C)(C)C)C2(CCC2)C1)C(F)F. The molecule has 2 aliphatic rings. The van der Waals surface area contributed by atoms with Crippen molar-refractivity contribution in [1.82, 2.24) is 10.2 Å². The summed E-state index contributed by atoms with van der Waals surface area (Å²) < 4.78 is 30.9. The summed E-state index contributed by atoms with van der Waals surface area (Å²) in [6.45, 7) is 7.66. The van der Waals surface area contributed by atoms with Gasteiger partial charge in [0.25, 0.3) is 6.43 Å². The Bertz CT molecular complexity index is 405. The molecule has 2 unspecified atom stereocenters. The summed E-state index contributed by atoms with van der Waals surface area (Å²) >= 11 is 0. The minimum atomic E-state index is -2.36. The number of hydrogen-bond acceptors (Lipinski definition) is 3. The Kier molecular flexibility index (Phi) is 5.00. The van der Waals surface area contributed by atoms with Crippen molar-refractivity contribution in [2.75, 3.05) is 6.54 Å². The van der Waals surface area contributed by atoms with Gasteiger partial charge in [-0.3, -0.25) is 0 Å². The second-order valence-electron chi connectivity index (χ2n) is 7.69. The van der Waals surface area contributed by atoms with Gasteiger partial charge >= 0.3 is 6.09 Å². The molecule has 0 aromatic carbocycles. The number of hydrogen-bond donors (Lipinski definition) is 1. The van der Waals surface area contributed by atoms with Gasteiger partial charge in [0, 0.05) is 18.1 Å². The Balaban J connectivity index is 2.00. The van der Waals surface area contributed by atoms with Gasteiger partial charge in [-0.1, -0.05) is 0 Å². The first kappa shape index (κ1) is 17.4. The second-order valence-corrected chi connectivity index (χ2v) is 7.69. The molecule has 0 radical (unpaired) electrons. The number of rotatable bonds is 3. The molecule has 6 heteroatoms. The van der Waals surface area contributed by atoms with Crippen molar-refractivity contribution in [3.8, 4) is 0 Å². The number of carbonyl (C=O) groups excluding carboxylic acids is 1. The zero-order chi connectivity index (χ0) is 16.5. The molecule has 128 valence electrons. The summed E-state index contributed by atoms with van der Waals surface area (Å²) in [4.78, 5) is 14.3. The maximum Gasteiger partial charge on any atom is 0.410 e. The number of likely N-dealkylation sites (tertiary alicyclic amines) is 1. The molecule has 1 aliphatic carbocycles. The third-order valence-corrected chi connectivity index (χ3v) is 4.67. The summed E-state index contributed by atoms with van der Waals surface area (Å²) in [5, 5.41) is 3.02. The first-order chi connectivity index (χ1) is 10.1. The Labute approximate surface area is 131 Å². The Hall–Kier alpha value is -0.910. The monoisotopic (exact) mass is 318 g/mol. The lowest BCUT2D eigenvalue weighted by molar-refractivity contribution is -0.0518. The van der Waals surface area contributed by atoms with Gasteiger partial charge in [-0.2, -0.15) is 0 Å². The minimum absolute atomic E-state index is 0.0444. The molecule has 0 aromatic heterocycles. The van der Waals surface area contributed by atoms with E-state index in [2.05, 4.69) is 5.32 Å². The maximum atomic E-state index is 12.7. The van der Waals surface area contributed by atoms with Crippen molar-refractivity contribution in [1.29, 1.82) is 0 Å². The topological polar surface area (TPSA) is 41.6 Å². The highest BCUT2D eigenvalue weighted by Crippen LogP contribution is 2.45. The number of amides is 1. The smallest absolute Gasteiger partial charge is 0.410 e. The molecule has 4 nitrogen and oxygen atoms in total. The molecule has 1 amide bonds. The molecule has 2 rings (SSSR count). The molecule has 2 atom stereocenters. The number of nitrogens with one attached hydrogen (secondary N) is 1. The molecule has 1 aliphatic heterocycles. The van der Waals surface area contributed by atoms with Crippen molar-refractivity contribution < 1.29 is 18.3 Å². The molecule has 1 spiro atoms. The minimum Gasteiger partial charge on any atom is -0.444 e. The fraction of sp³-hybridized carbons (Fsp3) is 0.938. The van der Waals surface area contributed by atoms with Crippen LogP contribution in [-0.2, 0) is 4.74 Å². The van der Waals surface area contributed by atoms with E-state index in [1.54, 1.807) is 0 Å². The van der Waals surface area contributed by atoms with Crippen LogP contribution in [0.2, 0.25) is 0 Å². The van der Waals surface area contributed by atoms with E-state index in [1.165, 1.54) is 6.92 Å². The van der Waals surface area contributed by atoms with Gasteiger partial charge in [-0.15, -0.1) is 0 Å². The van der Waals surface area contributed by atoms with Crippen molar-refractivity contribution in [3.63, 3.8) is 0 Å². The van der Waals surface area contributed by atoms with Crippen LogP contribution in [-0.4, -0.2) is 47.2 Å². The van der Waals surface area contributed by atoms with Crippen LogP contribution in [0.4, 0.5) is 13.6 Å². The van der Waals surface area contributed by atoms with Crippen LogP contribution in [0.15, 0.2) is 0 Å². The number of halogens is 2. The van der Waals surface area contributed by atoms with Gasteiger partial charge in [-0.25, -0.2) is 13.6 Å². The average molecular weight is 318 g/mol. The Morgan fingerprint density at radius 1 is 1.36 bits per heavy atom. The highest BCUT2D eigenvalue weighted by molar-refractivity contribution is 5.69. The molecule has 0 bridgehead atoms. The zero-order valence-electron chi connectivity index (χ0n) is 14.0. The van der Waals surface area contributed by atoms with E-state index in [0.29, 0.717) is 13.0 Å². The average Bonchev–Trinajstić information content (AvgIpc) is 2.34. The van der Waals surface area contributed by atoms with E-state index in [4.69, 9.17) is 4.74 Å². The molecule has 1 saturated carbocycles. The van der Waals surface area contributed by atoms with E-state index in [1.807, 2.05) is 25.7 Å². The summed E-state index contributed by atoms with van der Waals surface area (Å²) in [5.41, 5.74) is -0.707. The van der Waals surface area contributed by atoms with E-state index >= 15 is 0 Å². The summed E-state index contributed by atoms with van der Waals surface area (Å²) in [6.07, 6.45) is 1.76. The zero-order valence-corrected chi connectivity index (χ0v) is 14.0. The third kappa shape index (κ3) is 3.89. The molecule has 1 N–H and O–H groups in total. The summed E-state index contributed by atoms with van der Waals surface area (Å²) in [5.74, 6) is 0. The molecular formula is C16H28F2N2O2. The maximum absolute atomic E-state index is 12.7. The van der Waals surface area contributed by atoms with Crippen molar-refractivity contribution in [3.05, 3.63) is 0 Å². The van der Waals surface area contributed by atoms with Crippen LogP contribution < -0.4 is 5.32 Å². The van der Waals surface area contributed by atoms with Crippen LogP contribution >= 0.6 is 0 Å². The molecule has 0 aromatic rings. The lowest BCUT2D eigenvalue weighted by Gasteiger charge is -2.55. The lowest BCUT2D eigenvalue weighted by Crippen LogP contribution is -2.64.